The van der Waals surface area contributed by atoms with Crippen LogP contribution in [-0.4, -0.2) is 51.4 Å². The molecule has 0 aliphatic heterocycles. The number of carbonyl (C=O) groups is 2. The largest absolute Gasteiger partial charge is 0.455 e. The number of nitrogens with zero attached hydrogens (tertiary/aromatic N) is 3. The van der Waals surface area contributed by atoms with Crippen LogP contribution < -0.4 is 4.72 Å². The highest BCUT2D eigenvalue weighted by Gasteiger charge is 2.18. The summed E-state index contributed by atoms with van der Waals surface area (Å²) in [6.07, 6.45) is 0.170. The summed E-state index contributed by atoms with van der Waals surface area (Å²) in [7, 11) is -3.87. The van der Waals surface area contributed by atoms with Gasteiger partial charge in [0.15, 0.2) is 6.61 Å². The first-order chi connectivity index (χ1) is 12.8. The predicted octanol–water partition coefficient (Wildman–Crippen LogP) is 0.472. The van der Waals surface area contributed by atoms with Crippen molar-refractivity contribution in [2.45, 2.75) is 24.7 Å². The van der Waals surface area contributed by atoms with Gasteiger partial charge in [0.05, 0.1) is 29.9 Å². The predicted molar refractivity (Wildman–Crippen MR) is 94.4 cm³/mol. The molecule has 144 valence electrons. The van der Waals surface area contributed by atoms with Crippen molar-refractivity contribution < 1.29 is 22.7 Å². The highest BCUT2D eigenvalue weighted by Crippen LogP contribution is 2.09. The van der Waals surface area contributed by atoms with E-state index in [1.807, 2.05) is 19.1 Å². The number of nitriles is 2. The average molecular weight is 392 g/mol. The fraction of sp³-hybridized carbons (Fsp3) is 0.412. The lowest BCUT2D eigenvalue weighted by atomic mass is 10.2. The van der Waals surface area contributed by atoms with Crippen LogP contribution in [0.4, 0.5) is 0 Å². The van der Waals surface area contributed by atoms with Gasteiger partial charge in [0.2, 0.25) is 10.0 Å². The molecule has 0 heterocycles. The lowest BCUT2D eigenvalue weighted by Crippen LogP contribution is -2.37. The zero-order valence-corrected chi connectivity index (χ0v) is 15.7. The molecule has 0 radical (unpaired) electrons. The van der Waals surface area contributed by atoms with E-state index in [-0.39, 0.29) is 30.8 Å². The Morgan fingerprint density at radius 2 is 1.67 bits per heavy atom. The first-order valence-corrected chi connectivity index (χ1v) is 9.52. The normalized spacial score (nSPS) is 10.5. The fourth-order valence-corrected chi connectivity index (χ4v) is 2.94. The molecular formula is C17H20N4O5S. The second-order valence-electron chi connectivity index (χ2n) is 5.50. The Balaban J connectivity index is 2.51. The third kappa shape index (κ3) is 7.86. The molecule has 0 unspecified atom stereocenters. The lowest BCUT2D eigenvalue weighted by Gasteiger charge is -2.20. The third-order valence-electron chi connectivity index (χ3n) is 3.43. The molecule has 1 amide bonds. The molecule has 27 heavy (non-hydrogen) atoms. The highest BCUT2D eigenvalue weighted by atomic mass is 32.2. The molecule has 0 fully saturated rings. The molecule has 0 saturated carbocycles. The molecule has 0 spiro atoms. The van der Waals surface area contributed by atoms with Crippen LogP contribution in [0.25, 0.3) is 0 Å². The van der Waals surface area contributed by atoms with Crippen LogP contribution in [0.15, 0.2) is 29.2 Å². The van der Waals surface area contributed by atoms with E-state index in [2.05, 4.69) is 4.72 Å². The second-order valence-corrected chi connectivity index (χ2v) is 7.26. The summed E-state index contributed by atoms with van der Waals surface area (Å²) in [5.41, 5.74) is 0.893. The number of benzene rings is 1. The molecule has 9 nitrogen and oxygen atoms in total. The van der Waals surface area contributed by atoms with Crippen LogP contribution in [0.2, 0.25) is 0 Å². The Bertz CT molecular complexity index is 820. The first kappa shape index (κ1) is 22.1. The smallest absolute Gasteiger partial charge is 0.321 e. The zero-order valence-electron chi connectivity index (χ0n) is 14.8. The van der Waals surface area contributed by atoms with Crippen LogP contribution in [0, 0.1) is 29.6 Å². The first-order valence-electron chi connectivity index (χ1n) is 8.04. The topological polar surface area (TPSA) is 140 Å². The minimum Gasteiger partial charge on any atom is -0.455 e. The summed E-state index contributed by atoms with van der Waals surface area (Å²) >= 11 is 0. The van der Waals surface area contributed by atoms with Crippen molar-refractivity contribution in [3.8, 4) is 12.1 Å². The van der Waals surface area contributed by atoms with Crippen LogP contribution in [0.3, 0.4) is 0 Å². The van der Waals surface area contributed by atoms with Crippen molar-refractivity contribution in [3.05, 3.63) is 29.8 Å². The number of sulfonamides is 1. The van der Waals surface area contributed by atoms with Gasteiger partial charge in [-0.15, -0.1) is 0 Å². The molecule has 0 aliphatic rings. The van der Waals surface area contributed by atoms with Gasteiger partial charge < -0.3 is 9.64 Å². The summed E-state index contributed by atoms with van der Waals surface area (Å²) < 4.78 is 31.0. The molecule has 1 aromatic rings. The molecule has 0 bridgehead atoms. The van der Waals surface area contributed by atoms with E-state index in [9.17, 15) is 18.0 Å². The van der Waals surface area contributed by atoms with E-state index in [0.29, 0.717) is 0 Å². The SMILES string of the molecule is Cc1ccc(S(=O)(=O)NCC(=O)OCC(=O)N(CCC#N)CCC#N)cc1. The number of hydrogen-bond acceptors (Lipinski definition) is 7. The third-order valence-corrected chi connectivity index (χ3v) is 4.85. The fourth-order valence-electron chi connectivity index (χ4n) is 1.97. The van der Waals surface area contributed by atoms with Gasteiger partial charge in [0.1, 0.15) is 6.54 Å². The standard InChI is InChI=1S/C17H20N4O5S/c1-14-4-6-15(7-5-14)27(24,25)20-12-17(23)26-13-16(22)21(10-2-8-18)11-3-9-19/h4-7,20H,2-3,10-13H2,1H3. The van der Waals surface area contributed by atoms with Gasteiger partial charge in [-0.2, -0.15) is 15.2 Å². The van der Waals surface area contributed by atoms with Crippen molar-refractivity contribution in [2.24, 2.45) is 0 Å². The average Bonchev–Trinajstić information content (AvgIpc) is 2.65. The Kier molecular flexibility index (Phi) is 8.93. The zero-order chi connectivity index (χ0) is 20.3. The Hall–Kier alpha value is -2.95. The van der Waals surface area contributed by atoms with Gasteiger partial charge >= 0.3 is 5.97 Å². The molecule has 0 aliphatic carbocycles. The van der Waals surface area contributed by atoms with Crippen molar-refractivity contribution in [1.82, 2.24) is 9.62 Å². The number of carbonyl (C=O) groups excluding carboxylic acids is 2. The van der Waals surface area contributed by atoms with E-state index in [1.165, 1.54) is 17.0 Å². The van der Waals surface area contributed by atoms with E-state index in [1.54, 1.807) is 12.1 Å². The summed E-state index contributed by atoms with van der Waals surface area (Å²) in [4.78, 5) is 25.0. The van der Waals surface area contributed by atoms with E-state index >= 15 is 0 Å². The molecule has 10 heteroatoms. The van der Waals surface area contributed by atoms with Crippen LogP contribution >= 0.6 is 0 Å². The monoisotopic (exact) mass is 392 g/mol. The quantitative estimate of drug-likeness (QED) is 0.571. The molecule has 1 N–H and O–H groups in total. The maximum absolute atomic E-state index is 12.1. The Morgan fingerprint density at radius 3 is 2.19 bits per heavy atom. The van der Waals surface area contributed by atoms with E-state index < -0.39 is 35.1 Å². The summed E-state index contributed by atoms with van der Waals surface area (Å²) in [5.74, 6) is -1.48. The highest BCUT2D eigenvalue weighted by molar-refractivity contribution is 7.89. The number of rotatable bonds is 10. The van der Waals surface area contributed by atoms with Crippen molar-refractivity contribution >= 4 is 21.9 Å². The van der Waals surface area contributed by atoms with Gasteiger partial charge in [-0.1, -0.05) is 17.7 Å². The number of esters is 1. The Labute approximate surface area is 158 Å². The maximum atomic E-state index is 12.1. The minimum atomic E-state index is -3.87. The van der Waals surface area contributed by atoms with Crippen molar-refractivity contribution in [2.75, 3.05) is 26.2 Å². The Morgan fingerprint density at radius 1 is 1.11 bits per heavy atom. The number of nitrogens with one attached hydrogen (secondary N) is 1. The minimum absolute atomic E-state index is 0.0103. The molecule has 0 aromatic heterocycles. The van der Waals surface area contributed by atoms with Gasteiger partial charge in [-0.3, -0.25) is 9.59 Å². The number of hydrogen-bond donors (Lipinski definition) is 1. The van der Waals surface area contributed by atoms with Crippen LogP contribution in [0.1, 0.15) is 18.4 Å². The molecule has 1 aromatic carbocycles. The summed E-state index contributed by atoms with van der Waals surface area (Å²) in [6, 6.07) is 9.86. The van der Waals surface area contributed by atoms with Gasteiger partial charge in [0.25, 0.3) is 5.91 Å². The van der Waals surface area contributed by atoms with Gasteiger partial charge in [0, 0.05) is 13.1 Å². The van der Waals surface area contributed by atoms with E-state index in [0.717, 1.165) is 5.56 Å². The molecule has 0 atom stereocenters. The lowest BCUT2D eigenvalue weighted by molar-refractivity contribution is -0.151. The summed E-state index contributed by atoms with van der Waals surface area (Å²) in [6.45, 7) is 0.833. The molecular weight excluding hydrogens is 372 g/mol. The van der Waals surface area contributed by atoms with Crippen LogP contribution in [-0.2, 0) is 24.3 Å². The number of amides is 1. The maximum Gasteiger partial charge on any atom is 0.321 e. The van der Waals surface area contributed by atoms with E-state index in [4.69, 9.17) is 15.3 Å². The number of aryl methyl sites for hydroxylation is 1. The van der Waals surface area contributed by atoms with Crippen LogP contribution in [0.5, 0.6) is 0 Å². The number of ether oxygens (including phenoxy) is 1. The van der Waals surface area contributed by atoms with Crippen molar-refractivity contribution in [3.63, 3.8) is 0 Å². The molecule has 0 saturated heterocycles. The van der Waals surface area contributed by atoms with Gasteiger partial charge in [-0.05, 0) is 19.1 Å². The van der Waals surface area contributed by atoms with Crippen molar-refractivity contribution in [1.29, 1.82) is 10.5 Å². The van der Waals surface area contributed by atoms with Gasteiger partial charge in [-0.25, -0.2) is 8.42 Å². The second kappa shape index (κ2) is 10.9. The molecule has 1 rings (SSSR count). The summed E-state index contributed by atoms with van der Waals surface area (Å²) in [5, 5.41) is 17.2.